The van der Waals surface area contributed by atoms with E-state index >= 15 is 0 Å². The molecule has 28 heavy (non-hydrogen) atoms. The number of aliphatic hydroxyl groups is 1. The highest BCUT2D eigenvalue weighted by molar-refractivity contribution is 5.79. The van der Waals surface area contributed by atoms with Crippen molar-refractivity contribution < 1.29 is 9.90 Å². The Morgan fingerprint density at radius 3 is 2.68 bits per heavy atom. The number of anilines is 1. The van der Waals surface area contributed by atoms with Crippen LogP contribution in [0, 0.1) is 12.3 Å². The van der Waals surface area contributed by atoms with Crippen molar-refractivity contribution in [3.8, 4) is 12.3 Å². The summed E-state index contributed by atoms with van der Waals surface area (Å²) in [7, 11) is 0. The van der Waals surface area contributed by atoms with Crippen molar-refractivity contribution in [2.75, 3.05) is 24.5 Å². The molecule has 1 aromatic heterocycles. The van der Waals surface area contributed by atoms with Crippen LogP contribution in [-0.2, 0) is 11.2 Å². The minimum Gasteiger partial charge on any atom is -0.389 e. The number of amides is 1. The Bertz CT molecular complexity index is 845. The summed E-state index contributed by atoms with van der Waals surface area (Å²) in [5, 5.41) is 21.2. The van der Waals surface area contributed by atoms with Gasteiger partial charge in [-0.1, -0.05) is 31.2 Å². The van der Waals surface area contributed by atoms with Gasteiger partial charge in [0.15, 0.2) is 5.82 Å². The molecule has 4 N–H and O–H groups in total. The first-order chi connectivity index (χ1) is 13.5. The second-order valence-electron chi connectivity index (χ2n) is 7.12. The summed E-state index contributed by atoms with van der Waals surface area (Å²) in [4.78, 5) is 14.3. The minimum atomic E-state index is -0.675. The highest BCUT2D eigenvalue weighted by Crippen LogP contribution is 2.18. The third-order valence-electron chi connectivity index (χ3n) is 5.02. The fourth-order valence-electron chi connectivity index (χ4n) is 3.23. The van der Waals surface area contributed by atoms with E-state index in [0.29, 0.717) is 37.1 Å². The first-order valence-corrected chi connectivity index (χ1v) is 9.31. The molecule has 7 nitrogen and oxygen atoms in total. The molecule has 7 heteroatoms. The number of aromatic nitrogens is 2. The number of rotatable bonds is 6. The molecule has 1 fully saturated rings. The SMILES string of the molecule is C#Cc1ccc(N2C[C@H](O)[C@H](NC(=O)Cc3ccc(C(C)CN)cc3)C2)nn1. The molecule has 0 bridgehead atoms. The molecular formula is C21H25N5O2. The zero-order chi connectivity index (χ0) is 20.1. The van der Waals surface area contributed by atoms with E-state index in [1.807, 2.05) is 29.2 Å². The Hall–Kier alpha value is -2.95. The van der Waals surface area contributed by atoms with Gasteiger partial charge < -0.3 is 21.1 Å². The van der Waals surface area contributed by atoms with Crippen LogP contribution in [0.5, 0.6) is 0 Å². The van der Waals surface area contributed by atoms with E-state index in [4.69, 9.17) is 12.2 Å². The summed E-state index contributed by atoms with van der Waals surface area (Å²) in [5.41, 5.74) is 8.22. The van der Waals surface area contributed by atoms with Crippen molar-refractivity contribution in [3.63, 3.8) is 0 Å². The first kappa shape index (κ1) is 19.8. The van der Waals surface area contributed by atoms with Crippen LogP contribution in [0.15, 0.2) is 36.4 Å². The number of nitrogens with two attached hydrogens (primary N) is 1. The van der Waals surface area contributed by atoms with Crippen molar-refractivity contribution in [1.29, 1.82) is 0 Å². The van der Waals surface area contributed by atoms with Gasteiger partial charge in [-0.05, 0) is 41.6 Å². The van der Waals surface area contributed by atoms with E-state index < -0.39 is 6.10 Å². The van der Waals surface area contributed by atoms with Gasteiger partial charge in [-0.25, -0.2) is 0 Å². The van der Waals surface area contributed by atoms with Gasteiger partial charge in [0.25, 0.3) is 0 Å². The summed E-state index contributed by atoms with van der Waals surface area (Å²) in [5.74, 6) is 3.21. The topological polar surface area (TPSA) is 104 Å². The summed E-state index contributed by atoms with van der Waals surface area (Å²) in [6, 6.07) is 11.0. The standard InChI is InChI=1S/C21H25N5O2/c1-3-17-8-9-20(25-24-17)26-12-18(19(27)13-26)23-21(28)10-15-4-6-16(7-5-15)14(2)11-22/h1,4-9,14,18-19,27H,10-13,22H2,2H3,(H,23,28)/t14?,18-,19+/m1/s1. The van der Waals surface area contributed by atoms with Crippen LogP contribution in [0.1, 0.15) is 29.7 Å². The molecule has 2 heterocycles. The van der Waals surface area contributed by atoms with Crippen LogP contribution >= 0.6 is 0 Å². The lowest BCUT2D eigenvalue weighted by Crippen LogP contribution is -2.43. The predicted octanol–water partition coefficient (Wildman–Crippen LogP) is 0.428. The third kappa shape index (κ3) is 4.66. The lowest BCUT2D eigenvalue weighted by atomic mass is 9.99. The number of aliphatic hydroxyl groups excluding tert-OH is 1. The Morgan fingerprint density at radius 1 is 1.32 bits per heavy atom. The lowest BCUT2D eigenvalue weighted by molar-refractivity contribution is -0.121. The third-order valence-corrected chi connectivity index (χ3v) is 5.02. The molecule has 1 aliphatic rings. The van der Waals surface area contributed by atoms with Crippen molar-refractivity contribution in [2.45, 2.75) is 31.4 Å². The first-order valence-electron chi connectivity index (χ1n) is 9.31. The number of β-amino-alcohol motifs (C(OH)–C–C–N with tert-alkyl or cyclic N) is 1. The minimum absolute atomic E-state index is 0.126. The lowest BCUT2D eigenvalue weighted by Gasteiger charge is -2.17. The Balaban J connectivity index is 1.55. The zero-order valence-corrected chi connectivity index (χ0v) is 15.9. The Morgan fingerprint density at radius 2 is 2.07 bits per heavy atom. The molecule has 146 valence electrons. The molecule has 0 radical (unpaired) electrons. The predicted molar refractivity (Wildman–Crippen MR) is 108 cm³/mol. The second kappa shape index (κ2) is 8.83. The maximum Gasteiger partial charge on any atom is 0.224 e. The molecule has 0 saturated carbocycles. The van der Waals surface area contributed by atoms with Gasteiger partial charge in [0.2, 0.25) is 5.91 Å². The van der Waals surface area contributed by atoms with Crippen molar-refractivity contribution >= 4 is 11.7 Å². The molecule has 2 aromatic rings. The van der Waals surface area contributed by atoms with Crippen molar-refractivity contribution in [2.24, 2.45) is 5.73 Å². The average molecular weight is 379 g/mol. The zero-order valence-electron chi connectivity index (χ0n) is 15.9. The van der Waals surface area contributed by atoms with Crippen molar-refractivity contribution in [1.82, 2.24) is 15.5 Å². The normalized spacial score (nSPS) is 19.9. The van der Waals surface area contributed by atoms with Gasteiger partial charge >= 0.3 is 0 Å². The van der Waals surface area contributed by atoms with Gasteiger partial charge in [-0.15, -0.1) is 16.6 Å². The molecule has 1 amide bonds. The van der Waals surface area contributed by atoms with Gasteiger partial charge in [0.05, 0.1) is 18.6 Å². The fraction of sp³-hybridized carbons (Fsp3) is 0.381. The summed E-state index contributed by atoms with van der Waals surface area (Å²) in [6.07, 6.45) is 4.87. The monoisotopic (exact) mass is 379 g/mol. The molecule has 1 aliphatic heterocycles. The Labute approximate surface area is 165 Å². The highest BCUT2D eigenvalue weighted by Gasteiger charge is 2.33. The number of nitrogens with one attached hydrogen (secondary N) is 1. The molecule has 0 aliphatic carbocycles. The number of hydrogen-bond acceptors (Lipinski definition) is 6. The molecule has 3 atom stereocenters. The van der Waals surface area contributed by atoms with E-state index in [1.54, 1.807) is 12.1 Å². The smallest absolute Gasteiger partial charge is 0.224 e. The van der Waals surface area contributed by atoms with E-state index in [2.05, 4.69) is 28.4 Å². The van der Waals surface area contributed by atoms with Gasteiger partial charge in [0.1, 0.15) is 5.69 Å². The van der Waals surface area contributed by atoms with E-state index in [-0.39, 0.29) is 18.4 Å². The summed E-state index contributed by atoms with van der Waals surface area (Å²) >= 11 is 0. The second-order valence-corrected chi connectivity index (χ2v) is 7.12. The van der Waals surface area contributed by atoms with Crippen LogP contribution in [0.4, 0.5) is 5.82 Å². The van der Waals surface area contributed by atoms with Crippen LogP contribution in [-0.4, -0.2) is 53.0 Å². The number of terminal acetylenes is 1. The van der Waals surface area contributed by atoms with Crippen LogP contribution < -0.4 is 16.0 Å². The Kier molecular flexibility index (Phi) is 6.24. The van der Waals surface area contributed by atoms with E-state index in [0.717, 1.165) is 11.1 Å². The number of carbonyl (C=O) groups excluding carboxylic acids is 1. The molecule has 3 rings (SSSR count). The quantitative estimate of drug-likeness (QED) is 0.629. The largest absolute Gasteiger partial charge is 0.389 e. The molecule has 1 aromatic carbocycles. The molecular weight excluding hydrogens is 354 g/mol. The van der Waals surface area contributed by atoms with Crippen LogP contribution in [0.2, 0.25) is 0 Å². The molecule has 1 unspecified atom stereocenters. The van der Waals surface area contributed by atoms with Gasteiger partial charge in [0, 0.05) is 13.1 Å². The maximum atomic E-state index is 12.4. The van der Waals surface area contributed by atoms with Crippen LogP contribution in [0.3, 0.4) is 0 Å². The summed E-state index contributed by atoms with van der Waals surface area (Å²) < 4.78 is 0. The maximum absolute atomic E-state index is 12.4. The number of carbonyl (C=O) groups is 1. The number of benzene rings is 1. The van der Waals surface area contributed by atoms with E-state index in [1.165, 1.54) is 0 Å². The van der Waals surface area contributed by atoms with Gasteiger partial charge in [-0.2, -0.15) is 0 Å². The van der Waals surface area contributed by atoms with Gasteiger partial charge in [-0.3, -0.25) is 4.79 Å². The average Bonchev–Trinajstić information content (AvgIpc) is 3.08. The van der Waals surface area contributed by atoms with Crippen LogP contribution in [0.25, 0.3) is 0 Å². The number of nitrogens with zero attached hydrogens (tertiary/aromatic N) is 3. The molecule has 1 saturated heterocycles. The summed E-state index contributed by atoms with van der Waals surface area (Å²) in [6.45, 7) is 3.50. The highest BCUT2D eigenvalue weighted by atomic mass is 16.3. The van der Waals surface area contributed by atoms with E-state index in [9.17, 15) is 9.90 Å². The number of hydrogen-bond donors (Lipinski definition) is 3. The fourth-order valence-corrected chi connectivity index (χ4v) is 3.23. The molecule has 0 spiro atoms. The van der Waals surface area contributed by atoms with Crippen molar-refractivity contribution in [3.05, 3.63) is 53.2 Å².